The third-order valence-electron chi connectivity index (χ3n) is 6.96. The molecule has 9 heteroatoms. The van der Waals surface area contributed by atoms with Gasteiger partial charge in [0.25, 0.3) is 10.0 Å². The zero-order chi connectivity index (χ0) is 27.1. The molecule has 38 heavy (non-hydrogen) atoms. The number of rotatable bonds is 11. The highest BCUT2D eigenvalue weighted by atomic mass is 32.2. The average molecular weight is 538 g/mol. The molecule has 0 radical (unpaired) electrons. The Balaban J connectivity index is 1.34. The summed E-state index contributed by atoms with van der Waals surface area (Å²) >= 11 is 0. The first-order valence-corrected chi connectivity index (χ1v) is 14.5. The standard InChI is InChI=1S/C29H35N3O5S/c1-3-20(4-2)29(34)32-38(35,36)26-12-8-21(9-13-26)22-10-14-28-23(16-22)7-11-25(37-28)18-31-19-27(33)24-6-5-15-30-17-24/h5-6,8-10,12-17,20,25,27,31,33H,3-4,7,11,18-19H2,1-2H3,(H,32,34)/t25-,27+/m1/s1. The molecular weight excluding hydrogens is 502 g/mol. The first kappa shape index (κ1) is 27.8. The van der Waals surface area contributed by atoms with Crippen LogP contribution in [0.3, 0.4) is 0 Å². The van der Waals surface area contributed by atoms with Crippen LogP contribution < -0.4 is 14.8 Å². The molecule has 1 aliphatic rings. The van der Waals surface area contributed by atoms with Gasteiger partial charge in [0.15, 0.2) is 0 Å². The van der Waals surface area contributed by atoms with Crippen molar-refractivity contribution in [3.05, 3.63) is 78.1 Å². The fourth-order valence-corrected chi connectivity index (χ4v) is 5.64. The molecule has 2 heterocycles. The number of sulfonamides is 1. The van der Waals surface area contributed by atoms with E-state index in [9.17, 15) is 18.3 Å². The van der Waals surface area contributed by atoms with Crippen LogP contribution in [-0.4, -0.2) is 43.6 Å². The Bertz CT molecular complexity index is 1330. The lowest BCUT2D eigenvalue weighted by Crippen LogP contribution is -2.36. The van der Waals surface area contributed by atoms with Crippen LogP contribution in [0.1, 0.15) is 50.3 Å². The summed E-state index contributed by atoms with van der Waals surface area (Å²) in [4.78, 5) is 16.4. The van der Waals surface area contributed by atoms with Gasteiger partial charge in [0.1, 0.15) is 11.9 Å². The van der Waals surface area contributed by atoms with Crippen LogP contribution in [0.2, 0.25) is 0 Å². The summed E-state index contributed by atoms with van der Waals surface area (Å²) in [6.45, 7) is 4.78. The predicted octanol–water partition coefficient (Wildman–Crippen LogP) is 4.01. The van der Waals surface area contributed by atoms with Crippen molar-refractivity contribution in [2.75, 3.05) is 13.1 Å². The Labute approximate surface area is 224 Å². The van der Waals surface area contributed by atoms with Crippen molar-refractivity contribution in [1.29, 1.82) is 0 Å². The number of nitrogens with one attached hydrogen (secondary N) is 2. The fraction of sp³-hybridized carbons (Fsp3) is 0.379. The Kier molecular flexibility index (Phi) is 9.14. The number of carbonyl (C=O) groups excluding carboxylic acids is 1. The van der Waals surface area contributed by atoms with Gasteiger partial charge in [-0.15, -0.1) is 0 Å². The van der Waals surface area contributed by atoms with Crippen molar-refractivity contribution in [2.24, 2.45) is 5.92 Å². The number of carbonyl (C=O) groups is 1. The molecule has 4 rings (SSSR count). The quantitative estimate of drug-likeness (QED) is 0.338. The highest BCUT2D eigenvalue weighted by Gasteiger charge is 2.23. The minimum atomic E-state index is -3.92. The van der Waals surface area contributed by atoms with Crippen molar-refractivity contribution in [3.8, 4) is 16.9 Å². The lowest BCUT2D eigenvalue weighted by molar-refractivity contribution is -0.123. The van der Waals surface area contributed by atoms with Crippen LogP contribution in [0, 0.1) is 5.92 Å². The number of ether oxygens (including phenoxy) is 1. The zero-order valence-electron chi connectivity index (χ0n) is 21.8. The summed E-state index contributed by atoms with van der Waals surface area (Å²) in [6.07, 6.45) is 5.61. The number of aryl methyl sites for hydroxylation is 1. The second-order valence-corrected chi connectivity index (χ2v) is 11.3. The summed E-state index contributed by atoms with van der Waals surface area (Å²) < 4.78 is 33.7. The topological polar surface area (TPSA) is 118 Å². The van der Waals surface area contributed by atoms with Crippen LogP contribution in [0.4, 0.5) is 0 Å². The van der Waals surface area contributed by atoms with Gasteiger partial charge in [-0.25, -0.2) is 13.1 Å². The number of benzene rings is 2. The van der Waals surface area contributed by atoms with Gasteiger partial charge in [0.2, 0.25) is 5.91 Å². The van der Waals surface area contributed by atoms with Gasteiger partial charge in [-0.3, -0.25) is 9.78 Å². The number of hydrogen-bond acceptors (Lipinski definition) is 7. The smallest absolute Gasteiger partial charge is 0.264 e. The SMILES string of the molecule is CCC(CC)C(=O)NS(=O)(=O)c1ccc(-c2ccc3c(c2)CC[C@H](CNC[C@H](O)c2cccnc2)O3)cc1. The Morgan fingerprint density at radius 1 is 1.11 bits per heavy atom. The first-order chi connectivity index (χ1) is 18.3. The molecule has 3 N–H and O–H groups in total. The van der Waals surface area contributed by atoms with Gasteiger partial charge in [-0.1, -0.05) is 38.1 Å². The van der Waals surface area contributed by atoms with Crippen LogP contribution in [0.15, 0.2) is 71.9 Å². The molecular formula is C29H35N3O5S. The molecule has 202 valence electrons. The second-order valence-electron chi connectivity index (χ2n) is 9.57. The van der Waals surface area contributed by atoms with E-state index in [1.807, 2.05) is 32.0 Å². The van der Waals surface area contributed by atoms with E-state index in [0.29, 0.717) is 25.9 Å². The molecule has 1 amide bonds. The molecule has 0 saturated heterocycles. The maximum atomic E-state index is 12.7. The summed E-state index contributed by atoms with van der Waals surface area (Å²) in [6, 6.07) is 16.2. The van der Waals surface area contributed by atoms with E-state index < -0.39 is 22.0 Å². The van der Waals surface area contributed by atoms with Crippen molar-refractivity contribution < 1.29 is 23.1 Å². The monoisotopic (exact) mass is 537 g/mol. The van der Waals surface area contributed by atoms with E-state index in [1.54, 1.807) is 30.6 Å². The van der Waals surface area contributed by atoms with Crippen molar-refractivity contribution in [3.63, 3.8) is 0 Å². The summed E-state index contributed by atoms with van der Waals surface area (Å²) in [5.41, 5.74) is 3.72. The van der Waals surface area contributed by atoms with Crippen molar-refractivity contribution in [1.82, 2.24) is 15.0 Å². The van der Waals surface area contributed by atoms with Crippen molar-refractivity contribution in [2.45, 2.75) is 56.6 Å². The third-order valence-corrected chi connectivity index (χ3v) is 8.32. The number of hydrogen-bond donors (Lipinski definition) is 3. The van der Waals surface area contributed by atoms with Crippen LogP contribution in [-0.2, 0) is 21.2 Å². The van der Waals surface area contributed by atoms with Crippen LogP contribution >= 0.6 is 0 Å². The maximum Gasteiger partial charge on any atom is 0.264 e. The minimum Gasteiger partial charge on any atom is -0.489 e. The molecule has 8 nitrogen and oxygen atoms in total. The predicted molar refractivity (Wildman–Crippen MR) is 146 cm³/mol. The van der Waals surface area contributed by atoms with E-state index >= 15 is 0 Å². The number of fused-ring (bicyclic) bond motifs is 1. The van der Waals surface area contributed by atoms with E-state index in [2.05, 4.69) is 21.1 Å². The van der Waals surface area contributed by atoms with E-state index in [4.69, 9.17) is 4.74 Å². The molecule has 2 atom stereocenters. The molecule has 0 saturated carbocycles. The molecule has 1 aliphatic heterocycles. The molecule has 1 aromatic heterocycles. The number of aromatic nitrogens is 1. The molecule has 0 fully saturated rings. The normalized spacial score (nSPS) is 15.9. The van der Waals surface area contributed by atoms with Gasteiger partial charge in [0, 0.05) is 37.0 Å². The van der Waals surface area contributed by atoms with Gasteiger partial charge >= 0.3 is 0 Å². The molecule has 3 aromatic rings. The van der Waals surface area contributed by atoms with Crippen molar-refractivity contribution >= 4 is 15.9 Å². The Hall–Kier alpha value is -3.27. The van der Waals surface area contributed by atoms with E-state index in [-0.39, 0.29) is 16.9 Å². The summed E-state index contributed by atoms with van der Waals surface area (Å²) in [5.74, 6) is 0.0467. The largest absolute Gasteiger partial charge is 0.489 e. The number of amides is 1. The number of pyridine rings is 1. The zero-order valence-corrected chi connectivity index (χ0v) is 22.6. The van der Waals surface area contributed by atoms with E-state index in [1.165, 1.54) is 12.1 Å². The molecule has 2 aromatic carbocycles. The molecule has 0 aliphatic carbocycles. The average Bonchev–Trinajstić information content (AvgIpc) is 2.93. The third kappa shape index (κ3) is 6.78. The Morgan fingerprint density at radius 3 is 2.53 bits per heavy atom. The summed E-state index contributed by atoms with van der Waals surface area (Å²) in [5, 5.41) is 13.6. The summed E-state index contributed by atoms with van der Waals surface area (Å²) in [7, 11) is -3.92. The maximum absolute atomic E-state index is 12.7. The lowest BCUT2D eigenvalue weighted by atomic mass is 9.97. The number of nitrogens with zero attached hydrogens (tertiary/aromatic N) is 1. The number of aliphatic hydroxyl groups is 1. The van der Waals surface area contributed by atoms with Crippen LogP contribution in [0.25, 0.3) is 11.1 Å². The van der Waals surface area contributed by atoms with Gasteiger partial charge in [0.05, 0.1) is 11.0 Å². The van der Waals surface area contributed by atoms with Gasteiger partial charge in [-0.2, -0.15) is 0 Å². The molecule has 0 unspecified atom stereocenters. The first-order valence-electron chi connectivity index (χ1n) is 13.1. The van der Waals surface area contributed by atoms with E-state index in [0.717, 1.165) is 40.8 Å². The lowest BCUT2D eigenvalue weighted by Gasteiger charge is -2.27. The van der Waals surface area contributed by atoms with Gasteiger partial charge < -0.3 is 15.2 Å². The van der Waals surface area contributed by atoms with Crippen LogP contribution in [0.5, 0.6) is 5.75 Å². The highest BCUT2D eigenvalue weighted by molar-refractivity contribution is 7.90. The fourth-order valence-electron chi connectivity index (χ4n) is 4.60. The second kappa shape index (κ2) is 12.5. The van der Waals surface area contributed by atoms with Gasteiger partial charge in [-0.05, 0) is 72.7 Å². The molecule has 0 spiro atoms. The minimum absolute atomic E-state index is 0.00848. The number of aliphatic hydroxyl groups excluding tert-OH is 1. The molecule has 0 bridgehead atoms. The Morgan fingerprint density at radius 2 is 1.84 bits per heavy atom. The highest BCUT2D eigenvalue weighted by Crippen LogP contribution is 2.32.